The van der Waals surface area contributed by atoms with E-state index in [1.165, 1.54) is 18.3 Å². The number of ketones is 1. The molecule has 0 saturated heterocycles. The van der Waals surface area contributed by atoms with Crippen LogP contribution in [-0.2, 0) is 16.0 Å². The highest BCUT2D eigenvalue weighted by atomic mass is 35.5. The standard InChI is InChI=1S/C17H13ClN2O4/c18-15-5-2-12(8-19-15)17(23)24-9-14(21)11-1-4-13-10(7-11)3-6-16(22)20-13/h1-2,4-5,7-8H,3,6,9H2,(H,20,22). The van der Waals surface area contributed by atoms with Crippen LogP contribution in [-0.4, -0.2) is 29.3 Å². The Balaban J connectivity index is 1.64. The molecule has 0 saturated carbocycles. The summed E-state index contributed by atoms with van der Waals surface area (Å²) in [5.41, 5.74) is 2.27. The summed E-state index contributed by atoms with van der Waals surface area (Å²) in [6.45, 7) is -0.368. The molecule has 1 aromatic heterocycles. The first-order chi connectivity index (χ1) is 11.5. The van der Waals surface area contributed by atoms with E-state index < -0.39 is 5.97 Å². The van der Waals surface area contributed by atoms with Gasteiger partial charge in [0.25, 0.3) is 0 Å². The van der Waals surface area contributed by atoms with Gasteiger partial charge in [0.15, 0.2) is 12.4 Å². The lowest BCUT2D eigenvalue weighted by Gasteiger charge is -2.17. The second kappa shape index (κ2) is 6.80. The monoisotopic (exact) mass is 344 g/mol. The topological polar surface area (TPSA) is 85.4 Å². The Labute approximate surface area is 142 Å². The highest BCUT2D eigenvalue weighted by Gasteiger charge is 2.17. The van der Waals surface area contributed by atoms with Gasteiger partial charge in [-0.1, -0.05) is 11.6 Å². The van der Waals surface area contributed by atoms with Crippen molar-refractivity contribution in [1.29, 1.82) is 0 Å². The number of pyridine rings is 1. The van der Waals surface area contributed by atoms with E-state index >= 15 is 0 Å². The molecule has 0 spiro atoms. The lowest BCUT2D eigenvalue weighted by Crippen LogP contribution is -2.20. The number of anilines is 1. The smallest absolute Gasteiger partial charge is 0.340 e. The molecule has 0 aliphatic carbocycles. The van der Waals surface area contributed by atoms with Gasteiger partial charge in [-0.25, -0.2) is 9.78 Å². The predicted octanol–water partition coefficient (Wildman–Crippen LogP) is 2.66. The van der Waals surface area contributed by atoms with E-state index in [0.29, 0.717) is 24.1 Å². The van der Waals surface area contributed by atoms with Gasteiger partial charge in [0.2, 0.25) is 5.91 Å². The van der Waals surface area contributed by atoms with E-state index in [1.54, 1.807) is 18.2 Å². The van der Waals surface area contributed by atoms with Crippen LogP contribution in [0.25, 0.3) is 0 Å². The van der Waals surface area contributed by atoms with E-state index in [1.807, 2.05) is 0 Å². The lowest BCUT2D eigenvalue weighted by molar-refractivity contribution is -0.116. The van der Waals surface area contributed by atoms with Crippen LogP contribution in [0.5, 0.6) is 0 Å². The quantitative estimate of drug-likeness (QED) is 0.523. The second-order valence-corrected chi connectivity index (χ2v) is 5.68. The lowest BCUT2D eigenvalue weighted by atomic mass is 9.99. The number of carbonyl (C=O) groups is 3. The maximum atomic E-state index is 12.2. The van der Waals surface area contributed by atoms with Gasteiger partial charge in [-0.15, -0.1) is 0 Å². The van der Waals surface area contributed by atoms with Crippen molar-refractivity contribution in [2.24, 2.45) is 0 Å². The number of aromatic nitrogens is 1. The van der Waals surface area contributed by atoms with Crippen LogP contribution in [0.3, 0.4) is 0 Å². The summed E-state index contributed by atoms with van der Waals surface area (Å²) in [5.74, 6) is -0.991. The fourth-order valence-electron chi connectivity index (χ4n) is 2.35. The number of nitrogens with one attached hydrogen (secondary N) is 1. The highest BCUT2D eigenvalue weighted by Crippen LogP contribution is 2.23. The van der Waals surface area contributed by atoms with Crippen LogP contribution < -0.4 is 5.32 Å². The Kier molecular flexibility index (Phi) is 4.57. The SMILES string of the molecule is O=C1CCc2cc(C(=O)COC(=O)c3ccc(Cl)nc3)ccc2N1. The second-order valence-electron chi connectivity index (χ2n) is 5.29. The summed E-state index contributed by atoms with van der Waals surface area (Å²) in [6, 6.07) is 7.95. The number of carbonyl (C=O) groups excluding carboxylic acids is 3. The van der Waals surface area contributed by atoms with Gasteiger partial charge in [0, 0.05) is 23.9 Å². The molecule has 24 heavy (non-hydrogen) atoms. The van der Waals surface area contributed by atoms with Gasteiger partial charge in [0.05, 0.1) is 5.56 Å². The number of aryl methyl sites for hydroxylation is 1. The number of fused-ring (bicyclic) bond motifs is 1. The van der Waals surface area contributed by atoms with Crippen LogP contribution in [0.1, 0.15) is 32.7 Å². The number of hydrogen-bond donors (Lipinski definition) is 1. The van der Waals surface area contributed by atoms with Crippen molar-refractivity contribution >= 4 is 34.9 Å². The number of rotatable bonds is 4. The molecular formula is C17H13ClN2O4. The van der Waals surface area contributed by atoms with Crippen molar-refractivity contribution in [3.8, 4) is 0 Å². The van der Waals surface area contributed by atoms with E-state index in [-0.39, 0.29) is 29.0 Å². The third-order valence-electron chi connectivity index (χ3n) is 3.62. The zero-order valence-electron chi connectivity index (χ0n) is 12.5. The Bertz CT molecular complexity index is 818. The van der Waals surface area contributed by atoms with Crippen LogP contribution in [0.4, 0.5) is 5.69 Å². The molecule has 1 aliphatic rings. The van der Waals surface area contributed by atoms with Gasteiger partial charge >= 0.3 is 5.97 Å². The number of amides is 1. The predicted molar refractivity (Wildman–Crippen MR) is 87.3 cm³/mol. The summed E-state index contributed by atoms with van der Waals surface area (Å²) >= 11 is 5.65. The molecule has 0 fully saturated rings. The first-order valence-electron chi connectivity index (χ1n) is 7.27. The largest absolute Gasteiger partial charge is 0.454 e. The van der Waals surface area contributed by atoms with Crippen molar-refractivity contribution in [2.75, 3.05) is 11.9 Å². The average Bonchev–Trinajstić information content (AvgIpc) is 2.59. The summed E-state index contributed by atoms with van der Waals surface area (Å²) < 4.78 is 5.00. The Hall–Kier alpha value is -2.73. The maximum Gasteiger partial charge on any atom is 0.340 e. The highest BCUT2D eigenvalue weighted by molar-refractivity contribution is 6.29. The summed E-state index contributed by atoms with van der Waals surface area (Å²) in [7, 11) is 0. The molecule has 1 aromatic carbocycles. The fourth-order valence-corrected chi connectivity index (χ4v) is 2.46. The molecule has 1 N–H and O–H groups in total. The van der Waals surface area contributed by atoms with Crippen molar-refractivity contribution in [2.45, 2.75) is 12.8 Å². The molecule has 0 atom stereocenters. The van der Waals surface area contributed by atoms with Gasteiger partial charge in [-0.05, 0) is 42.3 Å². The molecular weight excluding hydrogens is 332 g/mol. The molecule has 2 heterocycles. The molecule has 6 nitrogen and oxygen atoms in total. The molecule has 122 valence electrons. The van der Waals surface area contributed by atoms with Crippen molar-refractivity contribution in [3.05, 3.63) is 58.4 Å². The molecule has 0 unspecified atom stereocenters. The van der Waals surface area contributed by atoms with Crippen molar-refractivity contribution in [1.82, 2.24) is 4.98 Å². The van der Waals surface area contributed by atoms with E-state index in [0.717, 1.165) is 5.56 Å². The van der Waals surface area contributed by atoms with Gasteiger partial charge in [-0.3, -0.25) is 9.59 Å². The number of Topliss-reactive ketones (excluding diaryl/α,β-unsaturated/α-hetero) is 1. The Morgan fingerprint density at radius 1 is 1.17 bits per heavy atom. The molecule has 1 amide bonds. The third-order valence-corrected chi connectivity index (χ3v) is 3.84. The first kappa shape index (κ1) is 16.1. The fraction of sp³-hybridized carbons (Fsp3) is 0.176. The zero-order valence-corrected chi connectivity index (χ0v) is 13.3. The number of benzene rings is 1. The van der Waals surface area contributed by atoms with Crippen LogP contribution in [0, 0.1) is 0 Å². The summed E-state index contributed by atoms with van der Waals surface area (Å²) in [4.78, 5) is 39.2. The van der Waals surface area contributed by atoms with Crippen molar-refractivity contribution in [3.63, 3.8) is 0 Å². The minimum Gasteiger partial charge on any atom is -0.454 e. The summed E-state index contributed by atoms with van der Waals surface area (Å²) in [5, 5.41) is 3.02. The molecule has 0 radical (unpaired) electrons. The van der Waals surface area contributed by atoms with Gasteiger partial charge in [-0.2, -0.15) is 0 Å². The first-order valence-corrected chi connectivity index (χ1v) is 7.65. The minimum absolute atomic E-state index is 0.0351. The van der Waals surface area contributed by atoms with Gasteiger partial charge in [0.1, 0.15) is 5.15 Å². The Morgan fingerprint density at radius 3 is 2.71 bits per heavy atom. The molecule has 3 rings (SSSR count). The summed E-state index contributed by atoms with van der Waals surface area (Å²) in [6.07, 6.45) is 2.26. The number of hydrogen-bond acceptors (Lipinski definition) is 5. The maximum absolute atomic E-state index is 12.2. The normalized spacial score (nSPS) is 13.0. The number of ether oxygens (including phenoxy) is 1. The van der Waals surface area contributed by atoms with Crippen molar-refractivity contribution < 1.29 is 19.1 Å². The molecule has 2 aromatic rings. The number of esters is 1. The number of halogens is 1. The van der Waals surface area contributed by atoms with E-state index in [2.05, 4.69) is 10.3 Å². The van der Waals surface area contributed by atoms with E-state index in [9.17, 15) is 14.4 Å². The van der Waals surface area contributed by atoms with Crippen LogP contribution in [0.2, 0.25) is 5.15 Å². The Morgan fingerprint density at radius 2 is 1.96 bits per heavy atom. The number of nitrogens with zero attached hydrogens (tertiary/aromatic N) is 1. The zero-order chi connectivity index (χ0) is 17.1. The van der Waals surface area contributed by atoms with Crippen LogP contribution >= 0.6 is 11.6 Å². The molecule has 0 bridgehead atoms. The third kappa shape index (κ3) is 3.60. The molecule has 1 aliphatic heterocycles. The van der Waals surface area contributed by atoms with Gasteiger partial charge < -0.3 is 10.1 Å². The molecule has 7 heteroatoms. The van der Waals surface area contributed by atoms with E-state index in [4.69, 9.17) is 16.3 Å². The average molecular weight is 345 g/mol. The minimum atomic E-state index is -0.641. The van der Waals surface area contributed by atoms with Crippen LogP contribution in [0.15, 0.2) is 36.5 Å².